The Kier molecular flexibility index (Phi) is 3.41. The van der Waals surface area contributed by atoms with Crippen LogP contribution >= 0.6 is 11.3 Å². The van der Waals surface area contributed by atoms with Crippen molar-refractivity contribution in [1.29, 1.82) is 0 Å². The first kappa shape index (κ1) is 10.2. The van der Waals surface area contributed by atoms with Crippen LogP contribution in [0.3, 0.4) is 0 Å². The van der Waals surface area contributed by atoms with Crippen LogP contribution in [0.25, 0.3) is 0 Å². The minimum Gasteiger partial charge on any atom is -0.224 e. The smallest absolute Gasteiger partial charge is 0.224 e. The molecule has 0 bridgehead atoms. The summed E-state index contributed by atoms with van der Waals surface area (Å²) in [5.74, 6) is 0. The van der Waals surface area contributed by atoms with Crippen molar-refractivity contribution in [3.8, 4) is 0 Å². The number of sulfonamides is 1. The van der Waals surface area contributed by atoms with Crippen molar-refractivity contribution in [3.63, 3.8) is 0 Å². The SMILES string of the molecule is NS(=O)(=O)c1cccccccs1. The first-order valence-electron chi connectivity index (χ1n) is 3.50. The maximum absolute atomic E-state index is 11.0. The van der Waals surface area contributed by atoms with Crippen molar-refractivity contribution >= 4 is 21.4 Å². The molecule has 2 N–H and O–H groups in total. The Labute approximate surface area is 81.2 Å². The Bertz CT molecular complexity index is 397. The molecule has 1 heterocycles. The molecule has 0 amide bonds. The van der Waals surface area contributed by atoms with Crippen LogP contribution in [-0.4, -0.2) is 8.42 Å². The zero-order valence-electron chi connectivity index (χ0n) is 6.75. The highest BCUT2D eigenvalue weighted by atomic mass is 32.2. The summed E-state index contributed by atoms with van der Waals surface area (Å²) in [6.07, 6.45) is 0. The van der Waals surface area contributed by atoms with Crippen molar-refractivity contribution in [2.75, 3.05) is 0 Å². The molecule has 1 aromatic heterocycles. The summed E-state index contributed by atoms with van der Waals surface area (Å²) in [5, 5.41) is 6.64. The monoisotopic (exact) mass is 215 g/mol. The van der Waals surface area contributed by atoms with Gasteiger partial charge in [-0.05, 0) is 11.4 Å². The van der Waals surface area contributed by atoms with Gasteiger partial charge in [-0.25, -0.2) is 13.6 Å². The van der Waals surface area contributed by atoms with E-state index in [4.69, 9.17) is 5.14 Å². The quantitative estimate of drug-likeness (QED) is 0.772. The lowest BCUT2D eigenvalue weighted by atomic mass is 10.5. The highest BCUT2D eigenvalue weighted by Crippen LogP contribution is 2.08. The predicted molar refractivity (Wildman–Crippen MR) is 53.3 cm³/mol. The van der Waals surface area contributed by atoms with Crippen LogP contribution in [0.5, 0.6) is 0 Å². The summed E-state index contributed by atoms with van der Waals surface area (Å²) in [7, 11) is -3.59. The summed E-state index contributed by atoms with van der Waals surface area (Å²) in [4.78, 5) is 0. The van der Waals surface area contributed by atoms with E-state index in [1.54, 1.807) is 29.6 Å². The lowest BCUT2D eigenvalue weighted by molar-refractivity contribution is 0.599. The number of rotatable bonds is 1. The van der Waals surface area contributed by atoms with Gasteiger partial charge in [0.2, 0.25) is 10.0 Å². The van der Waals surface area contributed by atoms with Crippen LogP contribution in [0.1, 0.15) is 0 Å². The van der Waals surface area contributed by atoms with Crippen molar-refractivity contribution in [2.45, 2.75) is 4.21 Å². The van der Waals surface area contributed by atoms with Crippen LogP contribution in [0.4, 0.5) is 0 Å². The Hall–Kier alpha value is -0.910. The van der Waals surface area contributed by atoms with E-state index in [-0.39, 0.29) is 4.21 Å². The molecule has 0 radical (unpaired) electrons. The maximum atomic E-state index is 11.0. The van der Waals surface area contributed by atoms with E-state index in [0.29, 0.717) is 0 Å². The van der Waals surface area contributed by atoms with E-state index in [9.17, 15) is 8.42 Å². The van der Waals surface area contributed by atoms with Crippen LogP contribution in [0.15, 0.2) is 46.0 Å². The molecule has 1 aromatic rings. The van der Waals surface area contributed by atoms with E-state index < -0.39 is 10.0 Å². The molecule has 1 rings (SSSR count). The number of hydrogen-bond acceptors (Lipinski definition) is 3. The molecule has 70 valence electrons. The zero-order chi connectivity index (χ0) is 9.73. The summed E-state index contributed by atoms with van der Waals surface area (Å²) in [6.45, 7) is 0. The Morgan fingerprint density at radius 1 is 1.08 bits per heavy atom. The lowest BCUT2D eigenvalue weighted by Gasteiger charge is -1.90. The van der Waals surface area contributed by atoms with Gasteiger partial charge in [0.05, 0.1) is 0 Å². The van der Waals surface area contributed by atoms with Gasteiger partial charge in [-0.3, -0.25) is 0 Å². The van der Waals surface area contributed by atoms with Crippen molar-refractivity contribution in [1.82, 2.24) is 0 Å². The minimum atomic E-state index is -3.59. The molecule has 0 spiro atoms. The molecular formula is C8H9NO2S2. The third-order valence-corrected chi connectivity index (χ3v) is 3.56. The largest absolute Gasteiger partial charge is 0.247 e. The second kappa shape index (κ2) is 4.36. The van der Waals surface area contributed by atoms with E-state index in [1.807, 2.05) is 6.07 Å². The molecule has 0 aliphatic heterocycles. The molecule has 0 saturated heterocycles. The molecular weight excluding hydrogens is 206 g/mol. The van der Waals surface area contributed by atoms with Gasteiger partial charge in [-0.1, -0.05) is 30.3 Å². The van der Waals surface area contributed by atoms with Gasteiger partial charge >= 0.3 is 0 Å². The Balaban J connectivity index is 3.36. The summed E-state index contributed by atoms with van der Waals surface area (Å²) >= 11 is 1.08. The van der Waals surface area contributed by atoms with Gasteiger partial charge in [0.1, 0.15) is 4.21 Å². The van der Waals surface area contributed by atoms with Gasteiger partial charge in [0, 0.05) is 0 Å². The molecule has 3 nitrogen and oxygen atoms in total. The average Bonchev–Trinajstić information content (AvgIpc) is 2.14. The first-order valence-corrected chi connectivity index (χ1v) is 5.93. The van der Waals surface area contributed by atoms with Crippen LogP contribution in [0.2, 0.25) is 0 Å². The zero-order valence-corrected chi connectivity index (χ0v) is 8.38. The fourth-order valence-corrected chi connectivity index (χ4v) is 2.11. The van der Waals surface area contributed by atoms with E-state index >= 15 is 0 Å². The van der Waals surface area contributed by atoms with E-state index in [0.717, 1.165) is 11.3 Å². The molecule has 0 aliphatic carbocycles. The second-order valence-corrected chi connectivity index (χ2v) is 4.98. The predicted octanol–water partition coefficient (Wildman–Crippen LogP) is 1.52. The molecule has 0 unspecified atom stereocenters. The van der Waals surface area contributed by atoms with Gasteiger partial charge < -0.3 is 0 Å². The molecule has 5 heteroatoms. The third-order valence-electron chi connectivity index (χ3n) is 1.22. The van der Waals surface area contributed by atoms with E-state index in [1.165, 1.54) is 6.07 Å². The average molecular weight is 215 g/mol. The Morgan fingerprint density at radius 3 is 2.38 bits per heavy atom. The molecule has 13 heavy (non-hydrogen) atoms. The van der Waals surface area contributed by atoms with Crippen LogP contribution in [0, 0.1) is 0 Å². The van der Waals surface area contributed by atoms with Crippen LogP contribution in [-0.2, 0) is 10.0 Å². The number of hydrogen-bond donors (Lipinski definition) is 1. The number of primary sulfonamides is 1. The highest BCUT2D eigenvalue weighted by Gasteiger charge is 2.04. The topological polar surface area (TPSA) is 60.2 Å². The summed E-state index contributed by atoms with van der Waals surface area (Å²) in [6, 6.07) is 10.2. The van der Waals surface area contributed by atoms with Crippen LogP contribution < -0.4 is 5.14 Å². The van der Waals surface area contributed by atoms with Gasteiger partial charge in [-0.2, -0.15) is 0 Å². The first-order chi connectivity index (χ1) is 6.11. The highest BCUT2D eigenvalue weighted by molar-refractivity contribution is 7.91. The third kappa shape index (κ3) is 3.54. The van der Waals surface area contributed by atoms with Crippen molar-refractivity contribution in [2.24, 2.45) is 5.14 Å². The molecule has 0 aliphatic rings. The summed E-state index contributed by atoms with van der Waals surface area (Å²) in [5.41, 5.74) is 0. The maximum Gasteiger partial charge on any atom is 0.247 e. The Morgan fingerprint density at radius 2 is 1.69 bits per heavy atom. The van der Waals surface area contributed by atoms with Crippen molar-refractivity contribution in [3.05, 3.63) is 41.8 Å². The van der Waals surface area contributed by atoms with Gasteiger partial charge in [0.25, 0.3) is 0 Å². The van der Waals surface area contributed by atoms with E-state index in [2.05, 4.69) is 0 Å². The van der Waals surface area contributed by atoms with Gasteiger partial charge in [0.15, 0.2) is 0 Å². The normalized spacial score (nSPS) is 10.5. The molecule has 0 aromatic carbocycles. The molecule has 0 atom stereocenters. The molecule has 0 saturated carbocycles. The minimum absolute atomic E-state index is 0.142. The lowest BCUT2D eigenvalue weighted by Crippen LogP contribution is -2.10. The standard InChI is InChI=1S/C8H9NO2S2/c9-13(10,11)8-6-4-2-1-3-5-7-12-8/h1-7H,(H2,9,10,11). The second-order valence-electron chi connectivity index (χ2n) is 2.25. The fourth-order valence-electron chi connectivity index (χ4n) is 0.679. The molecule has 0 fully saturated rings. The number of nitrogens with two attached hydrogens (primary N) is 1. The summed E-state index contributed by atoms with van der Waals surface area (Å²) < 4.78 is 22.1. The van der Waals surface area contributed by atoms with Gasteiger partial charge in [-0.15, -0.1) is 11.3 Å². The van der Waals surface area contributed by atoms with Crippen molar-refractivity contribution < 1.29 is 8.42 Å². The fraction of sp³-hybridized carbons (Fsp3) is 0.